The van der Waals surface area contributed by atoms with Crippen LogP contribution in [0.4, 0.5) is 0 Å². The van der Waals surface area contributed by atoms with Gasteiger partial charge >= 0.3 is 5.97 Å². The Hall–Kier alpha value is -1.67. The highest BCUT2D eigenvalue weighted by molar-refractivity contribution is 7.98. The molecule has 1 aromatic carbocycles. The van der Waals surface area contributed by atoms with Gasteiger partial charge in [0.15, 0.2) is 15.6 Å². The number of rotatable bonds is 5. The molecule has 6 nitrogen and oxygen atoms in total. The molecule has 0 atom stereocenters. The lowest BCUT2D eigenvalue weighted by Crippen LogP contribution is -2.12. The fourth-order valence-corrected chi connectivity index (χ4v) is 3.46. The highest BCUT2D eigenvalue weighted by Crippen LogP contribution is 2.11. The van der Waals surface area contributed by atoms with Crippen LogP contribution in [0.3, 0.4) is 0 Å². The summed E-state index contributed by atoms with van der Waals surface area (Å²) in [6.07, 6.45) is 0. The van der Waals surface area contributed by atoms with E-state index < -0.39 is 31.4 Å². The van der Waals surface area contributed by atoms with Gasteiger partial charge in [0.1, 0.15) is 0 Å². The molecule has 0 bridgehead atoms. The fourth-order valence-electron chi connectivity index (χ4n) is 1.07. The Bertz CT molecular complexity index is 656. The monoisotopic (exact) mass is 290 g/mol. The van der Waals surface area contributed by atoms with E-state index in [1.807, 2.05) is 0 Å². The molecule has 0 saturated carbocycles. The second-order valence-electron chi connectivity index (χ2n) is 3.33. The quantitative estimate of drug-likeness (QED) is 0.843. The molecule has 8 heteroatoms. The fraction of sp³-hybridized carbons (Fsp3) is 0.100. The summed E-state index contributed by atoms with van der Waals surface area (Å²) in [5.41, 5.74) is 0. The zero-order valence-electron chi connectivity index (χ0n) is 9.05. The molecule has 1 aromatic rings. The van der Waals surface area contributed by atoms with Crippen molar-refractivity contribution in [3.63, 3.8) is 0 Å². The molecule has 1 rings (SSSR count). The van der Waals surface area contributed by atoms with E-state index in [4.69, 9.17) is 5.11 Å². The number of hydrogen-bond acceptors (Lipinski definition) is 5. The van der Waals surface area contributed by atoms with Crippen molar-refractivity contribution in [2.24, 2.45) is 0 Å². The molecule has 0 aliphatic heterocycles. The molecule has 18 heavy (non-hydrogen) atoms. The zero-order valence-corrected chi connectivity index (χ0v) is 10.7. The first-order chi connectivity index (χ1) is 8.23. The number of benzene rings is 1. The van der Waals surface area contributed by atoms with Crippen molar-refractivity contribution in [3.8, 4) is 0 Å². The van der Waals surface area contributed by atoms with Crippen LogP contribution in [0.1, 0.15) is 0 Å². The molecule has 0 unspecified atom stereocenters. The average molecular weight is 290 g/mol. The third-order valence-corrected chi connectivity index (χ3v) is 4.63. The Morgan fingerprint density at radius 2 is 1.61 bits per heavy atom. The minimum Gasteiger partial charge on any atom is -0.480 e. The van der Waals surface area contributed by atoms with Crippen LogP contribution < -0.4 is 0 Å². The van der Waals surface area contributed by atoms with Crippen LogP contribution in [-0.2, 0) is 24.5 Å². The second kappa shape index (κ2) is 5.32. The van der Waals surface area contributed by atoms with Gasteiger partial charge in [0.25, 0.3) is 0 Å². The van der Waals surface area contributed by atoms with Crippen molar-refractivity contribution in [2.45, 2.75) is 4.90 Å². The molecule has 0 fully saturated rings. The molecule has 0 aromatic heterocycles. The summed E-state index contributed by atoms with van der Waals surface area (Å²) < 4.78 is 45.7. The van der Waals surface area contributed by atoms with Gasteiger partial charge in [-0.05, 0) is 12.1 Å². The highest BCUT2D eigenvalue weighted by atomic mass is 32.2. The lowest BCUT2D eigenvalue weighted by atomic mass is 10.4. The van der Waals surface area contributed by atoms with Crippen LogP contribution >= 0.6 is 0 Å². The topological polar surface area (TPSA) is 106 Å². The molecule has 1 N–H and O–H groups in total. The summed E-state index contributed by atoms with van der Waals surface area (Å²) in [6.45, 7) is 0. The Balaban J connectivity index is 3.02. The smallest absolute Gasteiger partial charge is 0.319 e. The number of hydrogen-bond donors (Lipinski definition) is 1. The molecular formula is C10H10O6S2. The number of aliphatic carboxylic acids is 1. The van der Waals surface area contributed by atoms with E-state index in [1.165, 1.54) is 24.3 Å². The van der Waals surface area contributed by atoms with E-state index in [9.17, 15) is 21.6 Å². The average Bonchev–Trinajstić information content (AvgIpc) is 2.26. The van der Waals surface area contributed by atoms with E-state index in [-0.39, 0.29) is 4.90 Å². The van der Waals surface area contributed by atoms with Gasteiger partial charge in [-0.2, -0.15) is 0 Å². The molecule has 98 valence electrons. The van der Waals surface area contributed by atoms with E-state index in [0.717, 1.165) is 0 Å². The number of carboxylic acid groups (broad SMARTS) is 1. The first-order valence-electron chi connectivity index (χ1n) is 4.66. The number of carboxylic acids is 1. The largest absolute Gasteiger partial charge is 0.480 e. The first kappa shape index (κ1) is 14.4. The minimum absolute atomic E-state index is 0.0632. The Labute approximate surface area is 104 Å². The Morgan fingerprint density at radius 1 is 1.06 bits per heavy atom. The predicted molar refractivity (Wildman–Crippen MR) is 64.2 cm³/mol. The van der Waals surface area contributed by atoms with Gasteiger partial charge in [-0.3, -0.25) is 4.79 Å². The normalized spacial score (nSPS) is 12.7. The summed E-state index contributed by atoms with van der Waals surface area (Å²) in [7, 11) is -7.96. The van der Waals surface area contributed by atoms with Crippen LogP contribution in [0, 0.1) is 0 Å². The van der Waals surface area contributed by atoms with Crippen LogP contribution in [0.2, 0.25) is 0 Å². The first-order valence-corrected chi connectivity index (χ1v) is 7.92. The van der Waals surface area contributed by atoms with Crippen molar-refractivity contribution < 1.29 is 26.7 Å². The van der Waals surface area contributed by atoms with Gasteiger partial charge in [-0.15, -0.1) is 0 Å². The van der Waals surface area contributed by atoms with Crippen molar-refractivity contribution in [1.82, 2.24) is 0 Å². The number of sulfone groups is 2. The molecule has 0 aliphatic rings. The third kappa shape index (κ3) is 4.30. The summed E-state index contributed by atoms with van der Waals surface area (Å²) >= 11 is 0. The van der Waals surface area contributed by atoms with Gasteiger partial charge < -0.3 is 5.11 Å². The Kier molecular flexibility index (Phi) is 4.25. The lowest BCUT2D eigenvalue weighted by Gasteiger charge is -1.98. The van der Waals surface area contributed by atoms with Crippen molar-refractivity contribution in [2.75, 3.05) is 5.75 Å². The van der Waals surface area contributed by atoms with Crippen LogP contribution in [-0.4, -0.2) is 33.7 Å². The minimum atomic E-state index is -4.08. The van der Waals surface area contributed by atoms with Gasteiger partial charge in [0.2, 0.25) is 9.84 Å². The molecule has 0 saturated heterocycles. The standard InChI is InChI=1S/C10H10O6S2/c11-10(12)8-17(13,14)6-7-18(15,16)9-4-2-1-3-5-9/h1-7H,8H2,(H,11,12)/b7-6+. The second-order valence-corrected chi connectivity index (χ2v) is 7.05. The molecule has 0 amide bonds. The summed E-state index contributed by atoms with van der Waals surface area (Å²) in [5, 5.41) is 9.21. The van der Waals surface area contributed by atoms with Gasteiger partial charge in [0, 0.05) is 10.8 Å². The van der Waals surface area contributed by atoms with E-state index in [0.29, 0.717) is 10.8 Å². The van der Waals surface area contributed by atoms with Crippen molar-refractivity contribution >= 4 is 25.6 Å². The van der Waals surface area contributed by atoms with Crippen molar-refractivity contribution in [3.05, 3.63) is 41.1 Å². The SMILES string of the molecule is O=C(O)CS(=O)(=O)/C=C/S(=O)(=O)c1ccccc1. The summed E-state index contributed by atoms with van der Waals surface area (Å²) in [6, 6.07) is 7.22. The van der Waals surface area contributed by atoms with Gasteiger partial charge in [-0.1, -0.05) is 18.2 Å². The van der Waals surface area contributed by atoms with Crippen molar-refractivity contribution in [1.29, 1.82) is 0 Å². The molecule has 0 radical (unpaired) electrons. The molecule has 0 heterocycles. The van der Waals surface area contributed by atoms with Gasteiger partial charge in [0.05, 0.1) is 4.90 Å². The van der Waals surface area contributed by atoms with E-state index in [2.05, 4.69) is 0 Å². The Morgan fingerprint density at radius 3 is 2.11 bits per heavy atom. The molecule has 0 aliphatic carbocycles. The maximum Gasteiger partial charge on any atom is 0.319 e. The van der Waals surface area contributed by atoms with Crippen LogP contribution in [0.25, 0.3) is 0 Å². The molecule has 0 spiro atoms. The molecular weight excluding hydrogens is 280 g/mol. The summed E-state index contributed by atoms with van der Waals surface area (Å²) in [4.78, 5) is 10.2. The van der Waals surface area contributed by atoms with Crippen LogP contribution in [0.15, 0.2) is 46.0 Å². The predicted octanol–water partition coefficient (Wildman–Crippen LogP) is 0.431. The maximum absolute atomic E-state index is 11.7. The third-order valence-electron chi connectivity index (χ3n) is 1.84. The van der Waals surface area contributed by atoms with Crippen LogP contribution in [0.5, 0.6) is 0 Å². The highest BCUT2D eigenvalue weighted by Gasteiger charge is 2.15. The zero-order chi connectivity index (χ0) is 13.8. The van der Waals surface area contributed by atoms with E-state index in [1.54, 1.807) is 6.07 Å². The lowest BCUT2D eigenvalue weighted by molar-refractivity contribution is -0.134. The number of carbonyl (C=O) groups is 1. The van der Waals surface area contributed by atoms with E-state index >= 15 is 0 Å². The maximum atomic E-state index is 11.7. The summed E-state index contributed by atoms with van der Waals surface area (Å²) in [5.74, 6) is -2.69. The van der Waals surface area contributed by atoms with Gasteiger partial charge in [-0.25, -0.2) is 16.8 Å².